The molecular weight excluding hydrogens is 171 g/mol. The summed E-state index contributed by atoms with van der Waals surface area (Å²) in [5.41, 5.74) is 0. The third-order valence-corrected chi connectivity index (χ3v) is 2.09. The van der Waals surface area contributed by atoms with Gasteiger partial charge in [0.05, 0.1) is 5.92 Å². The molecule has 0 aromatic heterocycles. The molecule has 1 unspecified atom stereocenters. The molecule has 0 N–H and O–H groups in total. The minimum atomic E-state index is -4.16. The van der Waals surface area contributed by atoms with E-state index >= 15 is 0 Å². The lowest BCUT2D eigenvalue weighted by atomic mass is 9.98. The summed E-state index contributed by atoms with van der Waals surface area (Å²) in [6, 6.07) is 0. The summed E-state index contributed by atoms with van der Waals surface area (Å²) < 4.78 is 36.3. The molecule has 1 rings (SSSR count). The van der Waals surface area contributed by atoms with E-state index in [2.05, 4.69) is 0 Å². The van der Waals surface area contributed by atoms with Crippen LogP contribution in [0.2, 0.25) is 0 Å². The highest BCUT2D eigenvalue weighted by atomic mass is 19.4. The van der Waals surface area contributed by atoms with Crippen molar-refractivity contribution < 1.29 is 18.0 Å². The van der Waals surface area contributed by atoms with E-state index in [1.54, 1.807) is 0 Å². The van der Waals surface area contributed by atoms with Crippen LogP contribution >= 0.6 is 0 Å². The standard InChI is InChI=1S/C7H10F3NO/c1-11-4-5(7(8,9)10)2-3-6(11)12/h5H,2-4H2,1H3. The number of hydrogen-bond donors (Lipinski definition) is 0. The number of hydrogen-bond acceptors (Lipinski definition) is 1. The van der Waals surface area contributed by atoms with Gasteiger partial charge in [-0.25, -0.2) is 0 Å². The average molecular weight is 181 g/mol. The first-order valence-electron chi connectivity index (χ1n) is 3.72. The van der Waals surface area contributed by atoms with E-state index in [1.165, 1.54) is 7.05 Å². The van der Waals surface area contributed by atoms with Gasteiger partial charge in [-0.05, 0) is 6.42 Å². The maximum atomic E-state index is 12.1. The largest absolute Gasteiger partial charge is 0.393 e. The van der Waals surface area contributed by atoms with E-state index in [1.807, 2.05) is 0 Å². The van der Waals surface area contributed by atoms with Crippen molar-refractivity contribution in [1.82, 2.24) is 4.90 Å². The topological polar surface area (TPSA) is 20.3 Å². The van der Waals surface area contributed by atoms with E-state index in [0.29, 0.717) is 0 Å². The predicted molar refractivity (Wildman–Crippen MR) is 36.4 cm³/mol. The number of likely N-dealkylation sites (tertiary alicyclic amines) is 1. The van der Waals surface area contributed by atoms with Crippen molar-refractivity contribution in [2.75, 3.05) is 13.6 Å². The fraction of sp³-hybridized carbons (Fsp3) is 0.857. The second-order valence-electron chi connectivity index (χ2n) is 3.05. The van der Waals surface area contributed by atoms with Gasteiger partial charge in [-0.15, -0.1) is 0 Å². The van der Waals surface area contributed by atoms with Crippen molar-refractivity contribution in [3.05, 3.63) is 0 Å². The molecule has 0 aromatic carbocycles. The van der Waals surface area contributed by atoms with E-state index in [4.69, 9.17) is 0 Å². The van der Waals surface area contributed by atoms with Crippen LogP contribution in [0.1, 0.15) is 12.8 Å². The van der Waals surface area contributed by atoms with Crippen LogP contribution in [0.3, 0.4) is 0 Å². The molecule has 1 atom stereocenters. The van der Waals surface area contributed by atoms with Crippen molar-refractivity contribution in [2.45, 2.75) is 19.0 Å². The fourth-order valence-corrected chi connectivity index (χ4v) is 1.28. The third kappa shape index (κ3) is 1.89. The molecule has 5 heteroatoms. The molecule has 1 saturated heterocycles. The monoisotopic (exact) mass is 181 g/mol. The maximum Gasteiger partial charge on any atom is 0.393 e. The first kappa shape index (κ1) is 9.35. The van der Waals surface area contributed by atoms with Gasteiger partial charge < -0.3 is 4.90 Å². The van der Waals surface area contributed by atoms with Crippen LogP contribution in [0.25, 0.3) is 0 Å². The maximum absolute atomic E-state index is 12.1. The third-order valence-electron chi connectivity index (χ3n) is 2.09. The van der Waals surface area contributed by atoms with Crippen LogP contribution in [0.15, 0.2) is 0 Å². The molecule has 2 nitrogen and oxygen atoms in total. The van der Waals surface area contributed by atoms with Crippen LogP contribution in [0.5, 0.6) is 0 Å². The second kappa shape index (κ2) is 2.95. The summed E-state index contributed by atoms with van der Waals surface area (Å²) in [6.07, 6.45) is -4.21. The molecule has 1 aliphatic heterocycles. The highest BCUT2D eigenvalue weighted by molar-refractivity contribution is 5.76. The smallest absolute Gasteiger partial charge is 0.345 e. The van der Waals surface area contributed by atoms with Crippen molar-refractivity contribution >= 4 is 5.91 Å². The van der Waals surface area contributed by atoms with E-state index in [-0.39, 0.29) is 25.3 Å². The second-order valence-corrected chi connectivity index (χ2v) is 3.05. The summed E-state index contributed by atoms with van der Waals surface area (Å²) in [7, 11) is 1.40. The van der Waals surface area contributed by atoms with Crippen molar-refractivity contribution in [2.24, 2.45) is 5.92 Å². The molecule has 0 aromatic rings. The summed E-state index contributed by atoms with van der Waals surface area (Å²) in [5.74, 6) is -1.53. The van der Waals surface area contributed by atoms with Gasteiger partial charge in [0.1, 0.15) is 0 Å². The number of alkyl halides is 3. The number of amides is 1. The lowest BCUT2D eigenvalue weighted by molar-refractivity contribution is -0.187. The Hall–Kier alpha value is -0.740. The molecule has 1 heterocycles. The number of carbonyl (C=O) groups excluding carboxylic acids is 1. The summed E-state index contributed by atoms with van der Waals surface area (Å²) in [5, 5.41) is 0. The van der Waals surface area contributed by atoms with Gasteiger partial charge in [0, 0.05) is 20.0 Å². The summed E-state index contributed by atoms with van der Waals surface area (Å²) in [6.45, 7) is -0.192. The number of carbonyl (C=O) groups is 1. The van der Waals surface area contributed by atoms with Crippen molar-refractivity contribution in [1.29, 1.82) is 0 Å². The number of rotatable bonds is 0. The van der Waals surface area contributed by atoms with E-state index in [9.17, 15) is 18.0 Å². The molecule has 0 radical (unpaired) electrons. The number of nitrogens with zero attached hydrogens (tertiary/aromatic N) is 1. The normalized spacial score (nSPS) is 26.2. The molecule has 1 aliphatic rings. The SMILES string of the molecule is CN1CC(C(F)(F)F)CCC1=O. The van der Waals surface area contributed by atoms with E-state index < -0.39 is 12.1 Å². The Kier molecular flexibility index (Phi) is 2.30. The number of piperidine rings is 1. The Morgan fingerprint density at radius 1 is 1.50 bits per heavy atom. The van der Waals surface area contributed by atoms with Crippen LogP contribution in [-0.2, 0) is 4.79 Å². The van der Waals surface area contributed by atoms with Gasteiger partial charge in [-0.1, -0.05) is 0 Å². The molecule has 1 fully saturated rings. The molecule has 0 saturated carbocycles. The summed E-state index contributed by atoms with van der Waals surface area (Å²) in [4.78, 5) is 12.0. The molecular formula is C7H10F3NO. The van der Waals surface area contributed by atoms with Crippen LogP contribution in [-0.4, -0.2) is 30.6 Å². The molecule has 70 valence electrons. The van der Waals surface area contributed by atoms with Crippen LogP contribution in [0, 0.1) is 5.92 Å². The van der Waals surface area contributed by atoms with E-state index in [0.717, 1.165) is 4.90 Å². The highest BCUT2D eigenvalue weighted by Gasteiger charge is 2.42. The molecule has 0 spiro atoms. The zero-order valence-corrected chi connectivity index (χ0v) is 6.69. The Labute approximate surface area is 68.3 Å². The predicted octanol–water partition coefficient (Wildman–Crippen LogP) is 1.42. The Morgan fingerprint density at radius 3 is 2.50 bits per heavy atom. The average Bonchev–Trinajstić information content (AvgIpc) is 1.92. The zero-order chi connectivity index (χ0) is 9.35. The molecule has 1 amide bonds. The minimum Gasteiger partial charge on any atom is -0.345 e. The van der Waals surface area contributed by atoms with Gasteiger partial charge in [0.2, 0.25) is 5.91 Å². The summed E-state index contributed by atoms with van der Waals surface area (Å²) >= 11 is 0. The quantitative estimate of drug-likeness (QED) is 0.553. The van der Waals surface area contributed by atoms with Gasteiger partial charge in [-0.2, -0.15) is 13.2 Å². The van der Waals surface area contributed by atoms with Crippen LogP contribution < -0.4 is 0 Å². The Bertz CT molecular complexity index is 190. The minimum absolute atomic E-state index is 0.0146. The lowest BCUT2D eigenvalue weighted by Crippen LogP contribution is -2.42. The first-order chi connectivity index (χ1) is 5.41. The molecule has 12 heavy (non-hydrogen) atoms. The fourth-order valence-electron chi connectivity index (χ4n) is 1.28. The zero-order valence-electron chi connectivity index (χ0n) is 6.69. The first-order valence-corrected chi connectivity index (χ1v) is 3.72. The molecule has 0 bridgehead atoms. The molecule has 0 aliphatic carbocycles. The number of halogens is 3. The van der Waals surface area contributed by atoms with Gasteiger partial charge in [0.15, 0.2) is 0 Å². The lowest BCUT2D eigenvalue weighted by Gasteiger charge is -2.30. The van der Waals surface area contributed by atoms with Gasteiger partial charge >= 0.3 is 6.18 Å². The van der Waals surface area contributed by atoms with Crippen LogP contribution in [0.4, 0.5) is 13.2 Å². The highest BCUT2D eigenvalue weighted by Crippen LogP contribution is 2.32. The van der Waals surface area contributed by atoms with Crippen molar-refractivity contribution in [3.8, 4) is 0 Å². The van der Waals surface area contributed by atoms with Gasteiger partial charge in [0.25, 0.3) is 0 Å². The van der Waals surface area contributed by atoms with Gasteiger partial charge in [-0.3, -0.25) is 4.79 Å². The Morgan fingerprint density at radius 2 is 2.08 bits per heavy atom. The van der Waals surface area contributed by atoms with Crippen molar-refractivity contribution in [3.63, 3.8) is 0 Å². The Balaban J connectivity index is 2.57.